The largest absolute Gasteiger partial charge is 0.508 e. The molecule has 0 aromatic heterocycles. The van der Waals surface area contributed by atoms with Crippen LogP contribution in [0.5, 0.6) is 5.75 Å². The highest BCUT2D eigenvalue weighted by molar-refractivity contribution is 5.31. The molecule has 0 saturated carbocycles. The van der Waals surface area contributed by atoms with E-state index >= 15 is 0 Å². The van der Waals surface area contributed by atoms with E-state index < -0.39 is 0 Å². The van der Waals surface area contributed by atoms with Gasteiger partial charge in [-0.1, -0.05) is 39.0 Å². The minimum atomic E-state index is 0.426. The van der Waals surface area contributed by atoms with Crippen molar-refractivity contribution < 1.29 is 5.11 Å². The average Bonchev–Trinajstić information content (AvgIpc) is 2.08. The van der Waals surface area contributed by atoms with E-state index in [0.29, 0.717) is 17.6 Å². The quantitative estimate of drug-likeness (QED) is 0.753. The fourth-order valence-electron chi connectivity index (χ4n) is 1.27. The van der Waals surface area contributed by atoms with E-state index in [1.54, 1.807) is 6.07 Å². The van der Waals surface area contributed by atoms with Crippen LogP contribution in [0, 0.1) is 11.8 Å². The van der Waals surface area contributed by atoms with Crippen molar-refractivity contribution >= 4 is 0 Å². The molecule has 1 aromatic rings. The molecule has 0 aliphatic rings. The Morgan fingerprint density at radius 2 is 1.77 bits per heavy atom. The van der Waals surface area contributed by atoms with Crippen LogP contribution in [-0.4, -0.2) is 5.11 Å². The van der Waals surface area contributed by atoms with Crippen LogP contribution in [0.25, 0.3) is 0 Å². The first-order valence-electron chi connectivity index (χ1n) is 4.88. The molecule has 0 fully saturated rings. The second-order valence-electron chi connectivity index (χ2n) is 4.05. The minimum absolute atomic E-state index is 0.426. The number of hydrogen-bond acceptors (Lipinski definition) is 1. The molecule has 1 nitrogen and oxygen atoms in total. The van der Waals surface area contributed by atoms with Gasteiger partial charge in [-0.2, -0.15) is 0 Å². The summed E-state index contributed by atoms with van der Waals surface area (Å²) >= 11 is 0. The lowest BCUT2D eigenvalue weighted by molar-refractivity contribution is 0.404. The van der Waals surface area contributed by atoms with Crippen molar-refractivity contribution in [2.24, 2.45) is 11.8 Å². The van der Waals surface area contributed by atoms with Gasteiger partial charge in [0, 0.05) is 0 Å². The highest BCUT2D eigenvalue weighted by Gasteiger charge is 2.09. The molecule has 1 heteroatoms. The maximum Gasteiger partial charge on any atom is 0.118 e. The van der Waals surface area contributed by atoms with Gasteiger partial charge in [-0.05, 0) is 29.9 Å². The fraction of sp³-hybridized carbons (Fsp3) is 0.500. The Labute approximate surface area is 80.4 Å². The Hall–Kier alpha value is -0.980. The number of benzene rings is 1. The molecule has 1 unspecified atom stereocenters. The van der Waals surface area contributed by atoms with Crippen molar-refractivity contribution in [1.29, 1.82) is 0 Å². The Kier molecular flexibility index (Phi) is 3.35. The molecule has 1 N–H and O–H groups in total. The van der Waals surface area contributed by atoms with Gasteiger partial charge in [0.15, 0.2) is 0 Å². The van der Waals surface area contributed by atoms with E-state index in [1.165, 1.54) is 0 Å². The average molecular weight is 178 g/mol. The van der Waals surface area contributed by atoms with Crippen LogP contribution in [0.3, 0.4) is 0 Å². The Morgan fingerprint density at radius 3 is 2.31 bits per heavy atom. The molecular weight excluding hydrogens is 160 g/mol. The van der Waals surface area contributed by atoms with Gasteiger partial charge < -0.3 is 5.11 Å². The summed E-state index contributed by atoms with van der Waals surface area (Å²) in [6, 6.07) is 7.58. The van der Waals surface area contributed by atoms with Crippen LogP contribution in [0.15, 0.2) is 24.3 Å². The van der Waals surface area contributed by atoms with Crippen molar-refractivity contribution in [2.75, 3.05) is 0 Å². The van der Waals surface area contributed by atoms with Crippen molar-refractivity contribution in [1.82, 2.24) is 0 Å². The van der Waals surface area contributed by atoms with Gasteiger partial charge in [-0.3, -0.25) is 0 Å². The van der Waals surface area contributed by atoms with Gasteiger partial charge >= 0.3 is 0 Å². The topological polar surface area (TPSA) is 20.2 Å². The number of phenols is 1. The predicted molar refractivity (Wildman–Crippen MR) is 55.8 cm³/mol. The third-order valence-electron chi connectivity index (χ3n) is 2.67. The molecule has 1 aromatic carbocycles. The van der Waals surface area contributed by atoms with E-state index in [4.69, 9.17) is 0 Å². The Morgan fingerprint density at radius 1 is 1.15 bits per heavy atom. The van der Waals surface area contributed by atoms with Gasteiger partial charge in [0.05, 0.1) is 0 Å². The first-order valence-corrected chi connectivity index (χ1v) is 4.88. The van der Waals surface area contributed by atoms with Gasteiger partial charge in [0.25, 0.3) is 0 Å². The lowest BCUT2D eigenvalue weighted by atomic mass is 9.91. The Bertz CT molecular complexity index is 266. The summed E-state index contributed by atoms with van der Waals surface area (Å²) in [5, 5.41) is 9.54. The lowest BCUT2D eigenvalue weighted by Crippen LogP contribution is -2.07. The maximum atomic E-state index is 9.54. The Balaban J connectivity index is 2.69. The van der Waals surface area contributed by atoms with E-state index in [0.717, 1.165) is 12.0 Å². The SMILES string of the molecule is CC(C)C(C)Cc1ccccc1O. The standard InChI is InChI=1S/C12H18O/c1-9(2)10(3)8-11-6-4-5-7-12(11)13/h4-7,9-10,13H,8H2,1-3H3. The minimum Gasteiger partial charge on any atom is -0.508 e. The highest BCUT2D eigenvalue weighted by Crippen LogP contribution is 2.22. The number of rotatable bonds is 3. The third-order valence-corrected chi connectivity index (χ3v) is 2.67. The molecule has 0 saturated heterocycles. The lowest BCUT2D eigenvalue weighted by Gasteiger charge is -2.15. The molecule has 0 radical (unpaired) electrons. The first-order chi connectivity index (χ1) is 6.11. The molecule has 0 aliphatic heterocycles. The second kappa shape index (κ2) is 4.31. The monoisotopic (exact) mass is 178 g/mol. The van der Waals surface area contributed by atoms with Gasteiger partial charge in [0.1, 0.15) is 5.75 Å². The molecule has 0 bridgehead atoms. The van der Waals surface area contributed by atoms with Crippen molar-refractivity contribution in [3.05, 3.63) is 29.8 Å². The summed E-state index contributed by atoms with van der Waals surface area (Å²) in [4.78, 5) is 0. The normalized spacial score (nSPS) is 13.2. The summed E-state index contributed by atoms with van der Waals surface area (Å²) < 4.78 is 0. The van der Waals surface area contributed by atoms with E-state index in [9.17, 15) is 5.11 Å². The molecule has 13 heavy (non-hydrogen) atoms. The van der Waals surface area contributed by atoms with Crippen LogP contribution >= 0.6 is 0 Å². The third kappa shape index (κ3) is 2.76. The summed E-state index contributed by atoms with van der Waals surface area (Å²) in [7, 11) is 0. The van der Waals surface area contributed by atoms with E-state index in [-0.39, 0.29) is 0 Å². The van der Waals surface area contributed by atoms with Crippen LogP contribution in [-0.2, 0) is 6.42 Å². The molecule has 72 valence electrons. The first kappa shape index (κ1) is 10.1. The van der Waals surface area contributed by atoms with E-state index in [2.05, 4.69) is 20.8 Å². The molecule has 1 rings (SSSR count). The van der Waals surface area contributed by atoms with Gasteiger partial charge in [-0.25, -0.2) is 0 Å². The summed E-state index contributed by atoms with van der Waals surface area (Å²) in [5.41, 5.74) is 1.06. The number of para-hydroxylation sites is 1. The zero-order valence-electron chi connectivity index (χ0n) is 8.62. The number of phenolic OH excluding ortho intramolecular Hbond substituents is 1. The second-order valence-corrected chi connectivity index (χ2v) is 4.05. The van der Waals surface area contributed by atoms with Crippen LogP contribution in [0.1, 0.15) is 26.3 Å². The summed E-state index contributed by atoms with van der Waals surface area (Å²) in [6.45, 7) is 6.65. The van der Waals surface area contributed by atoms with Crippen molar-refractivity contribution in [3.8, 4) is 5.75 Å². The zero-order chi connectivity index (χ0) is 9.84. The van der Waals surface area contributed by atoms with Crippen molar-refractivity contribution in [2.45, 2.75) is 27.2 Å². The highest BCUT2D eigenvalue weighted by atomic mass is 16.3. The van der Waals surface area contributed by atoms with Gasteiger partial charge in [-0.15, -0.1) is 0 Å². The molecule has 0 spiro atoms. The smallest absolute Gasteiger partial charge is 0.118 e. The summed E-state index contributed by atoms with van der Waals surface area (Å²) in [6.07, 6.45) is 0.963. The molecule has 0 aliphatic carbocycles. The number of hydrogen-bond donors (Lipinski definition) is 1. The van der Waals surface area contributed by atoms with Crippen molar-refractivity contribution in [3.63, 3.8) is 0 Å². The zero-order valence-corrected chi connectivity index (χ0v) is 8.62. The number of aromatic hydroxyl groups is 1. The summed E-state index contributed by atoms with van der Waals surface area (Å²) in [5.74, 6) is 1.71. The molecule has 1 atom stereocenters. The van der Waals surface area contributed by atoms with E-state index in [1.807, 2.05) is 18.2 Å². The van der Waals surface area contributed by atoms with Crippen LogP contribution in [0.2, 0.25) is 0 Å². The molecule has 0 heterocycles. The molecular formula is C12H18O. The predicted octanol–water partition coefficient (Wildman–Crippen LogP) is 3.23. The van der Waals surface area contributed by atoms with Crippen LogP contribution in [0.4, 0.5) is 0 Å². The van der Waals surface area contributed by atoms with Gasteiger partial charge in [0.2, 0.25) is 0 Å². The molecule has 0 amide bonds. The fourth-order valence-corrected chi connectivity index (χ4v) is 1.27. The maximum absolute atomic E-state index is 9.54. The van der Waals surface area contributed by atoms with Crippen LogP contribution < -0.4 is 0 Å².